The SMILES string of the molecule is CCCCCC(=O)NC(CCC(=O)NC(CSSCC(NC(=O)CCC(NC(=O)CCCCC)C(=O)OCC)C(=O)NCC(=O)OC)C(=O)NCC(=O)OC)C(=O)OCC. The molecule has 0 spiro atoms. The Labute approximate surface area is 359 Å². The molecule has 0 aromatic rings. The van der Waals surface area contributed by atoms with Crippen LogP contribution in [0.25, 0.3) is 0 Å². The van der Waals surface area contributed by atoms with E-state index in [1.54, 1.807) is 13.8 Å². The molecule has 0 aromatic heterocycles. The van der Waals surface area contributed by atoms with E-state index >= 15 is 0 Å². The molecule has 0 heterocycles. The molecule has 0 fully saturated rings. The first-order valence-electron chi connectivity index (χ1n) is 20.1. The molecule has 0 rings (SSSR count). The summed E-state index contributed by atoms with van der Waals surface area (Å²) in [5, 5.41) is 15.1. The maximum atomic E-state index is 13.1. The van der Waals surface area contributed by atoms with E-state index in [1.807, 2.05) is 13.8 Å². The Morgan fingerprint density at radius 1 is 0.467 bits per heavy atom. The monoisotopic (exact) mass is 892 g/mol. The van der Waals surface area contributed by atoms with Crippen LogP contribution in [-0.2, 0) is 66.9 Å². The average molecular weight is 893 g/mol. The quantitative estimate of drug-likeness (QED) is 0.0229. The Kier molecular flexibility index (Phi) is 31.5. The average Bonchev–Trinajstić information content (AvgIpc) is 3.22. The van der Waals surface area contributed by atoms with Crippen molar-refractivity contribution in [3.8, 4) is 0 Å². The number of carbonyl (C=O) groups excluding carboxylic acids is 10. The largest absolute Gasteiger partial charge is 0.468 e. The van der Waals surface area contributed by atoms with Crippen molar-refractivity contribution in [2.45, 2.75) is 129 Å². The van der Waals surface area contributed by atoms with Crippen LogP contribution in [0, 0.1) is 0 Å². The highest BCUT2D eigenvalue weighted by molar-refractivity contribution is 8.76. The van der Waals surface area contributed by atoms with Gasteiger partial charge in [-0.05, 0) is 39.5 Å². The second-order valence-electron chi connectivity index (χ2n) is 13.1. The second kappa shape index (κ2) is 34.1. The van der Waals surface area contributed by atoms with Gasteiger partial charge in [0, 0.05) is 37.2 Å². The summed E-state index contributed by atoms with van der Waals surface area (Å²) in [6, 6.07) is -4.68. The predicted octanol–water partition coefficient (Wildman–Crippen LogP) is 0.733. The summed E-state index contributed by atoms with van der Waals surface area (Å²) in [6.07, 6.45) is 4.25. The fourth-order valence-electron chi connectivity index (χ4n) is 4.98. The molecule has 20 nitrogen and oxygen atoms in total. The number of amides is 6. The maximum absolute atomic E-state index is 13.1. The molecule has 60 heavy (non-hydrogen) atoms. The summed E-state index contributed by atoms with van der Waals surface area (Å²) >= 11 is 0. The lowest BCUT2D eigenvalue weighted by molar-refractivity contribution is -0.148. The van der Waals surface area contributed by atoms with Crippen LogP contribution in [0.1, 0.15) is 105 Å². The smallest absolute Gasteiger partial charge is 0.328 e. The third-order valence-corrected chi connectivity index (χ3v) is 10.7. The number of nitrogens with one attached hydrogen (secondary N) is 6. The number of rotatable bonds is 33. The van der Waals surface area contributed by atoms with Gasteiger partial charge in [-0.15, -0.1) is 0 Å². The van der Waals surface area contributed by atoms with Crippen LogP contribution in [-0.4, -0.2) is 136 Å². The molecule has 0 aliphatic carbocycles. The van der Waals surface area contributed by atoms with Gasteiger partial charge in [-0.25, -0.2) is 9.59 Å². The summed E-state index contributed by atoms with van der Waals surface area (Å²) in [4.78, 5) is 126. The Morgan fingerprint density at radius 2 is 0.800 bits per heavy atom. The lowest BCUT2D eigenvalue weighted by Gasteiger charge is -2.21. The minimum absolute atomic E-state index is 0.0525. The Morgan fingerprint density at radius 3 is 1.12 bits per heavy atom. The van der Waals surface area contributed by atoms with Crippen molar-refractivity contribution in [2.24, 2.45) is 0 Å². The van der Waals surface area contributed by atoms with E-state index in [-0.39, 0.29) is 75.1 Å². The first-order chi connectivity index (χ1) is 28.6. The van der Waals surface area contributed by atoms with Crippen molar-refractivity contribution in [1.29, 1.82) is 0 Å². The lowest BCUT2D eigenvalue weighted by Crippen LogP contribution is -2.50. The minimum atomic E-state index is -1.23. The third kappa shape index (κ3) is 26.5. The van der Waals surface area contributed by atoms with Gasteiger partial charge < -0.3 is 50.8 Å². The summed E-state index contributed by atoms with van der Waals surface area (Å²) in [5.41, 5.74) is 0. The molecule has 0 saturated heterocycles. The first-order valence-corrected chi connectivity index (χ1v) is 22.6. The topological polar surface area (TPSA) is 280 Å². The van der Waals surface area contributed by atoms with Crippen LogP contribution in [0.5, 0.6) is 0 Å². The molecule has 4 unspecified atom stereocenters. The van der Waals surface area contributed by atoms with Crippen molar-refractivity contribution in [2.75, 3.05) is 52.0 Å². The van der Waals surface area contributed by atoms with Gasteiger partial charge in [0.25, 0.3) is 0 Å². The molecular formula is C38H64N6O14S2. The zero-order chi connectivity index (χ0) is 45.3. The summed E-state index contributed by atoms with van der Waals surface area (Å²) in [6.45, 7) is 6.28. The van der Waals surface area contributed by atoms with Crippen molar-refractivity contribution in [3.05, 3.63) is 0 Å². The van der Waals surface area contributed by atoms with Gasteiger partial charge in [-0.2, -0.15) is 0 Å². The Hall–Kier alpha value is -4.60. The minimum Gasteiger partial charge on any atom is -0.468 e. The van der Waals surface area contributed by atoms with Crippen LogP contribution < -0.4 is 31.9 Å². The molecule has 0 aromatic carbocycles. The molecule has 0 aliphatic heterocycles. The Balaban J connectivity index is 5.80. The zero-order valence-corrected chi connectivity index (χ0v) is 37.2. The number of hydrogen-bond acceptors (Lipinski definition) is 16. The Bertz CT molecular complexity index is 1300. The van der Waals surface area contributed by atoms with Gasteiger partial charge in [0.2, 0.25) is 35.4 Å². The second-order valence-corrected chi connectivity index (χ2v) is 15.7. The number of ether oxygens (including phenoxy) is 4. The van der Waals surface area contributed by atoms with Crippen LogP contribution in [0.2, 0.25) is 0 Å². The van der Waals surface area contributed by atoms with E-state index in [1.165, 1.54) is 0 Å². The molecule has 0 radical (unpaired) electrons. The molecule has 0 bridgehead atoms. The van der Waals surface area contributed by atoms with Gasteiger partial charge in [0.15, 0.2) is 0 Å². The van der Waals surface area contributed by atoms with E-state index < -0.39 is 84.8 Å². The molecule has 6 amide bonds. The fourth-order valence-corrected chi connectivity index (χ4v) is 7.31. The maximum Gasteiger partial charge on any atom is 0.328 e. The van der Waals surface area contributed by atoms with Crippen LogP contribution >= 0.6 is 21.6 Å². The molecule has 6 N–H and O–H groups in total. The highest BCUT2D eigenvalue weighted by Gasteiger charge is 2.28. The van der Waals surface area contributed by atoms with Crippen LogP contribution in [0.4, 0.5) is 0 Å². The molecule has 22 heteroatoms. The number of carbonyl (C=O) groups is 10. The van der Waals surface area contributed by atoms with E-state index in [9.17, 15) is 47.9 Å². The molecule has 342 valence electrons. The van der Waals surface area contributed by atoms with Crippen LogP contribution in [0.15, 0.2) is 0 Å². The summed E-state index contributed by atoms with van der Waals surface area (Å²) < 4.78 is 19.3. The number of esters is 4. The van der Waals surface area contributed by atoms with E-state index in [0.717, 1.165) is 61.5 Å². The summed E-state index contributed by atoms with van der Waals surface area (Å²) in [7, 11) is 4.32. The highest BCUT2D eigenvalue weighted by atomic mass is 33.1. The molecular weight excluding hydrogens is 829 g/mol. The lowest BCUT2D eigenvalue weighted by atomic mass is 10.1. The van der Waals surface area contributed by atoms with Gasteiger partial charge in [0.1, 0.15) is 37.3 Å². The first kappa shape index (κ1) is 55.4. The van der Waals surface area contributed by atoms with Gasteiger partial charge in [0.05, 0.1) is 27.4 Å². The van der Waals surface area contributed by atoms with Crippen molar-refractivity contribution in [3.63, 3.8) is 0 Å². The van der Waals surface area contributed by atoms with Crippen molar-refractivity contribution < 1.29 is 66.9 Å². The number of hydrogen-bond donors (Lipinski definition) is 6. The molecule has 4 atom stereocenters. The van der Waals surface area contributed by atoms with E-state index in [4.69, 9.17) is 9.47 Å². The number of unbranched alkanes of at least 4 members (excludes halogenated alkanes) is 4. The van der Waals surface area contributed by atoms with Crippen molar-refractivity contribution in [1.82, 2.24) is 31.9 Å². The van der Waals surface area contributed by atoms with Crippen molar-refractivity contribution >= 4 is 80.9 Å². The van der Waals surface area contributed by atoms with Gasteiger partial charge >= 0.3 is 23.9 Å². The fraction of sp³-hybridized carbons (Fsp3) is 0.737. The van der Waals surface area contributed by atoms with Gasteiger partial charge in [-0.3, -0.25) is 38.4 Å². The normalized spacial score (nSPS) is 12.6. The van der Waals surface area contributed by atoms with Crippen LogP contribution in [0.3, 0.4) is 0 Å². The highest BCUT2D eigenvalue weighted by Crippen LogP contribution is 2.23. The number of methoxy groups -OCH3 is 2. The standard InChI is InChI=1S/C38H64N6O14S2/c1-7-11-13-15-29(45)41-25(37(53)57-9-3)17-19-31(47)43-27(35(51)39-21-33(49)55-5)23-59-60-24-28(36(52)40-22-34(50)56-6)44-32(48)20-18-26(38(54)58-10-4)42-30(46)16-14-12-8-2/h25-28H,7-24H2,1-6H3,(H,39,51)(H,40,52)(H,41,45)(H,42,46)(H,43,47)(H,44,48). The zero-order valence-electron chi connectivity index (χ0n) is 35.6. The third-order valence-electron chi connectivity index (χ3n) is 8.27. The molecule has 0 aliphatic rings. The van der Waals surface area contributed by atoms with E-state index in [2.05, 4.69) is 41.4 Å². The molecule has 0 saturated carbocycles. The van der Waals surface area contributed by atoms with E-state index in [0.29, 0.717) is 12.8 Å². The summed E-state index contributed by atoms with van der Waals surface area (Å²) in [5.74, 6) is -6.68. The van der Waals surface area contributed by atoms with Gasteiger partial charge in [-0.1, -0.05) is 61.1 Å². The predicted molar refractivity (Wildman–Crippen MR) is 223 cm³/mol.